The molecule has 0 saturated carbocycles. The molecule has 0 N–H and O–H groups in total. The van der Waals surface area contributed by atoms with Gasteiger partial charge < -0.3 is 9.47 Å². The summed E-state index contributed by atoms with van der Waals surface area (Å²) in [5.74, 6) is 0.0476. The molecule has 1 aromatic heterocycles. The van der Waals surface area contributed by atoms with Crippen LogP contribution in [0.2, 0.25) is 0 Å². The van der Waals surface area contributed by atoms with Crippen molar-refractivity contribution in [2.75, 3.05) is 14.1 Å². The van der Waals surface area contributed by atoms with Crippen molar-refractivity contribution < 1.29 is 4.79 Å². The molecule has 0 aliphatic heterocycles. The highest BCUT2D eigenvalue weighted by atomic mass is 16.2. The molecule has 0 bridgehead atoms. The molecule has 0 fully saturated rings. The van der Waals surface area contributed by atoms with Crippen LogP contribution in [0.25, 0.3) is 5.69 Å². The van der Waals surface area contributed by atoms with Crippen LogP contribution in [0.4, 0.5) is 0 Å². The lowest BCUT2D eigenvalue weighted by Crippen LogP contribution is -2.22. The average Bonchev–Trinajstić information content (AvgIpc) is 2.65. The summed E-state index contributed by atoms with van der Waals surface area (Å²) in [6.45, 7) is 6.09. The predicted octanol–water partition coefficient (Wildman–Crippen LogP) is 3.10. The van der Waals surface area contributed by atoms with Gasteiger partial charge in [0.1, 0.15) is 0 Å². The third-order valence-electron chi connectivity index (χ3n) is 3.36. The van der Waals surface area contributed by atoms with E-state index in [2.05, 4.69) is 35.8 Å². The first-order valence-electron chi connectivity index (χ1n) is 6.39. The molecule has 0 atom stereocenters. The first kappa shape index (κ1) is 13.4. The molecule has 1 amide bonds. The number of nitrogens with zero attached hydrogens (tertiary/aromatic N) is 2. The van der Waals surface area contributed by atoms with E-state index in [9.17, 15) is 4.79 Å². The summed E-state index contributed by atoms with van der Waals surface area (Å²) in [5.41, 5.74) is 5.16. The van der Waals surface area contributed by atoms with Gasteiger partial charge in [-0.05, 0) is 39.0 Å². The first-order valence-corrected chi connectivity index (χ1v) is 6.39. The van der Waals surface area contributed by atoms with Crippen molar-refractivity contribution in [3.8, 4) is 5.69 Å². The minimum Gasteiger partial charge on any atom is -0.345 e. The predicted molar refractivity (Wildman–Crippen MR) is 78.0 cm³/mol. The van der Waals surface area contributed by atoms with Crippen LogP contribution in [0.3, 0.4) is 0 Å². The first-order chi connectivity index (χ1) is 8.91. The SMILES string of the molecule is Cc1ccc(-n2c(C)cc(C(=O)N(C)C)c2C)cc1. The zero-order chi connectivity index (χ0) is 14.2. The van der Waals surface area contributed by atoms with Crippen LogP contribution in [0.1, 0.15) is 27.3 Å². The fraction of sp³-hybridized carbons (Fsp3) is 0.312. The summed E-state index contributed by atoms with van der Waals surface area (Å²) in [6, 6.07) is 10.3. The molecule has 0 unspecified atom stereocenters. The number of aromatic nitrogens is 1. The lowest BCUT2D eigenvalue weighted by atomic mass is 10.2. The molecule has 1 aromatic carbocycles. The normalized spacial score (nSPS) is 10.6. The maximum absolute atomic E-state index is 12.1. The van der Waals surface area contributed by atoms with Gasteiger partial charge in [-0.15, -0.1) is 0 Å². The number of benzene rings is 1. The molecule has 1 heterocycles. The fourth-order valence-electron chi connectivity index (χ4n) is 2.31. The summed E-state index contributed by atoms with van der Waals surface area (Å²) in [5, 5.41) is 0. The smallest absolute Gasteiger partial charge is 0.255 e. The third kappa shape index (κ3) is 2.41. The topological polar surface area (TPSA) is 25.2 Å². The Morgan fingerprint density at radius 3 is 2.16 bits per heavy atom. The second-order valence-corrected chi connectivity index (χ2v) is 5.16. The van der Waals surface area contributed by atoms with E-state index in [0.29, 0.717) is 0 Å². The van der Waals surface area contributed by atoms with Gasteiger partial charge in [-0.3, -0.25) is 4.79 Å². The van der Waals surface area contributed by atoms with Crippen LogP contribution < -0.4 is 0 Å². The van der Waals surface area contributed by atoms with Crippen molar-refractivity contribution >= 4 is 5.91 Å². The van der Waals surface area contributed by atoms with Crippen molar-refractivity contribution in [3.05, 3.63) is 52.8 Å². The van der Waals surface area contributed by atoms with Gasteiger partial charge in [0.15, 0.2) is 0 Å². The molecular formula is C16H20N2O. The van der Waals surface area contributed by atoms with E-state index in [-0.39, 0.29) is 5.91 Å². The molecular weight excluding hydrogens is 236 g/mol. The Balaban J connectivity index is 2.54. The largest absolute Gasteiger partial charge is 0.345 e. The van der Waals surface area contributed by atoms with E-state index in [1.54, 1.807) is 19.0 Å². The second-order valence-electron chi connectivity index (χ2n) is 5.16. The van der Waals surface area contributed by atoms with Crippen LogP contribution in [-0.2, 0) is 0 Å². The maximum Gasteiger partial charge on any atom is 0.255 e. The highest BCUT2D eigenvalue weighted by Gasteiger charge is 2.17. The number of hydrogen-bond acceptors (Lipinski definition) is 1. The van der Waals surface area contributed by atoms with E-state index >= 15 is 0 Å². The van der Waals surface area contributed by atoms with Crippen LogP contribution in [0.5, 0.6) is 0 Å². The van der Waals surface area contributed by atoms with Crippen molar-refractivity contribution in [1.82, 2.24) is 9.47 Å². The van der Waals surface area contributed by atoms with Crippen molar-refractivity contribution in [2.24, 2.45) is 0 Å². The van der Waals surface area contributed by atoms with E-state index in [1.165, 1.54) is 5.56 Å². The monoisotopic (exact) mass is 256 g/mol. The standard InChI is InChI=1S/C16H20N2O/c1-11-6-8-14(9-7-11)18-12(2)10-15(13(18)3)16(19)17(4)5/h6-10H,1-5H3. The van der Waals surface area contributed by atoms with Crippen LogP contribution in [-0.4, -0.2) is 29.5 Å². The molecule has 0 aliphatic rings. The number of amides is 1. The number of hydrogen-bond donors (Lipinski definition) is 0. The summed E-state index contributed by atoms with van der Waals surface area (Å²) < 4.78 is 2.12. The van der Waals surface area contributed by atoms with Crippen molar-refractivity contribution in [3.63, 3.8) is 0 Å². The third-order valence-corrected chi connectivity index (χ3v) is 3.36. The van der Waals surface area contributed by atoms with Crippen molar-refractivity contribution in [1.29, 1.82) is 0 Å². The number of aryl methyl sites for hydroxylation is 2. The van der Waals surface area contributed by atoms with E-state index < -0.39 is 0 Å². The van der Waals surface area contributed by atoms with Crippen molar-refractivity contribution in [2.45, 2.75) is 20.8 Å². The summed E-state index contributed by atoms with van der Waals surface area (Å²) in [4.78, 5) is 13.7. The summed E-state index contributed by atoms with van der Waals surface area (Å²) in [6.07, 6.45) is 0. The Kier molecular flexibility index (Phi) is 3.47. The molecule has 0 aliphatic carbocycles. The van der Waals surface area contributed by atoms with Gasteiger partial charge in [-0.25, -0.2) is 0 Å². The zero-order valence-electron chi connectivity index (χ0n) is 12.2. The van der Waals surface area contributed by atoms with Gasteiger partial charge in [0.2, 0.25) is 0 Å². The minimum atomic E-state index is 0.0476. The summed E-state index contributed by atoms with van der Waals surface area (Å²) in [7, 11) is 3.56. The highest BCUT2D eigenvalue weighted by Crippen LogP contribution is 2.21. The molecule has 3 heteroatoms. The number of rotatable bonds is 2. The number of carbonyl (C=O) groups is 1. The number of carbonyl (C=O) groups excluding carboxylic acids is 1. The molecule has 2 aromatic rings. The molecule has 2 rings (SSSR count). The Morgan fingerprint density at radius 2 is 1.63 bits per heavy atom. The highest BCUT2D eigenvalue weighted by molar-refractivity contribution is 5.95. The molecule has 3 nitrogen and oxygen atoms in total. The maximum atomic E-state index is 12.1. The van der Waals surface area contributed by atoms with Gasteiger partial charge in [0.25, 0.3) is 5.91 Å². The van der Waals surface area contributed by atoms with E-state index in [4.69, 9.17) is 0 Å². The van der Waals surface area contributed by atoms with Gasteiger partial charge in [-0.2, -0.15) is 0 Å². The van der Waals surface area contributed by atoms with Gasteiger partial charge in [0, 0.05) is 31.2 Å². The fourth-order valence-corrected chi connectivity index (χ4v) is 2.31. The average molecular weight is 256 g/mol. The molecule has 0 spiro atoms. The Bertz CT molecular complexity index is 606. The Hall–Kier alpha value is -2.03. The Morgan fingerprint density at radius 1 is 1.05 bits per heavy atom. The molecule has 0 saturated heterocycles. The Labute approximate surface area is 114 Å². The second kappa shape index (κ2) is 4.92. The van der Waals surface area contributed by atoms with Crippen LogP contribution >= 0.6 is 0 Å². The van der Waals surface area contributed by atoms with Crippen LogP contribution in [0.15, 0.2) is 30.3 Å². The van der Waals surface area contributed by atoms with Gasteiger partial charge in [0.05, 0.1) is 5.56 Å². The molecule has 100 valence electrons. The van der Waals surface area contributed by atoms with E-state index in [1.807, 2.05) is 19.9 Å². The minimum absolute atomic E-state index is 0.0476. The quantitative estimate of drug-likeness (QED) is 0.810. The lowest BCUT2D eigenvalue weighted by molar-refractivity contribution is 0.0827. The molecule has 19 heavy (non-hydrogen) atoms. The van der Waals surface area contributed by atoms with E-state index in [0.717, 1.165) is 22.6 Å². The summed E-state index contributed by atoms with van der Waals surface area (Å²) >= 11 is 0. The van der Waals surface area contributed by atoms with Gasteiger partial charge in [-0.1, -0.05) is 17.7 Å². The zero-order valence-corrected chi connectivity index (χ0v) is 12.2. The molecule has 0 radical (unpaired) electrons. The van der Waals surface area contributed by atoms with Crippen LogP contribution in [0, 0.1) is 20.8 Å². The van der Waals surface area contributed by atoms with Gasteiger partial charge >= 0.3 is 0 Å². The lowest BCUT2D eigenvalue weighted by Gasteiger charge is -2.12.